The Bertz CT molecular complexity index is 1270. The maximum absolute atomic E-state index is 12.8. The lowest BCUT2D eigenvalue weighted by molar-refractivity contribution is 0.310. The number of benzene rings is 2. The van der Waals surface area contributed by atoms with Gasteiger partial charge in [0.1, 0.15) is 0 Å². The summed E-state index contributed by atoms with van der Waals surface area (Å²) in [6.45, 7) is 0.275. The van der Waals surface area contributed by atoms with Gasteiger partial charge in [0.15, 0.2) is 0 Å². The third-order valence-electron chi connectivity index (χ3n) is 4.22. The second-order valence-corrected chi connectivity index (χ2v) is 8.94. The van der Waals surface area contributed by atoms with Crippen molar-refractivity contribution < 1.29 is 13.2 Å². The molecule has 2 heterocycles. The Morgan fingerprint density at radius 1 is 0.900 bits per heavy atom. The van der Waals surface area contributed by atoms with Gasteiger partial charge in [-0.05, 0) is 48.5 Å². The second-order valence-electron chi connectivity index (χ2n) is 6.35. The molecule has 0 aliphatic heterocycles. The number of para-hydroxylation sites is 2. The predicted molar refractivity (Wildman–Crippen MR) is 118 cm³/mol. The van der Waals surface area contributed by atoms with Gasteiger partial charge in [0.25, 0.3) is 15.9 Å². The number of hydrogen-bond acceptors (Lipinski definition) is 6. The molecule has 2 aromatic heterocycles. The normalized spacial score (nSPS) is 11.4. The zero-order chi connectivity index (χ0) is 21.0. The summed E-state index contributed by atoms with van der Waals surface area (Å²) >= 11 is 3.30. The number of ether oxygens (including phenoxy) is 1. The molecule has 0 radical (unpaired) electrons. The Balaban J connectivity index is 1.63. The fourth-order valence-electron chi connectivity index (χ4n) is 2.75. The fraction of sp³-hybridized carbons (Fsp3) is 0.0952. The van der Waals surface area contributed by atoms with E-state index in [9.17, 15) is 8.42 Å². The lowest BCUT2D eigenvalue weighted by Crippen LogP contribution is -2.16. The summed E-state index contributed by atoms with van der Waals surface area (Å²) in [5.74, 6) is 0.156. The van der Waals surface area contributed by atoms with Crippen molar-refractivity contribution in [3.8, 4) is 5.88 Å². The molecule has 0 amide bonds. The van der Waals surface area contributed by atoms with Crippen LogP contribution in [0, 0.1) is 0 Å². The molecule has 30 heavy (non-hydrogen) atoms. The van der Waals surface area contributed by atoms with E-state index in [0.717, 1.165) is 10.2 Å². The molecule has 0 saturated carbocycles. The quantitative estimate of drug-likeness (QED) is 0.422. The number of fused-ring (bicyclic) bond motifs is 1. The minimum absolute atomic E-state index is 0.0395. The van der Waals surface area contributed by atoms with E-state index in [0.29, 0.717) is 17.5 Å². The summed E-state index contributed by atoms with van der Waals surface area (Å²) in [5, 5.41) is 0. The molecule has 0 saturated heterocycles. The highest BCUT2D eigenvalue weighted by Gasteiger charge is 2.19. The first-order valence-corrected chi connectivity index (χ1v) is 11.4. The monoisotopic (exact) mass is 484 g/mol. The maximum Gasteiger partial charge on any atom is 0.263 e. The van der Waals surface area contributed by atoms with E-state index in [1.165, 1.54) is 12.1 Å². The molecule has 2 aromatic carbocycles. The highest BCUT2D eigenvalue weighted by Crippen LogP contribution is 2.26. The third-order valence-corrected chi connectivity index (χ3v) is 6.10. The minimum Gasteiger partial charge on any atom is -0.475 e. The van der Waals surface area contributed by atoms with E-state index in [1.54, 1.807) is 30.5 Å². The van der Waals surface area contributed by atoms with E-state index in [2.05, 4.69) is 35.6 Å². The first-order valence-electron chi connectivity index (χ1n) is 9.09. The Morgan fingerprint density at radius 3 is 2.30 bits per heavy atom. The van der Waals surface area contributed by atoms with Crippen LogP contribution in [0.2, 0.25) is 0 Å². The van der Waals surface area contributed by atoms with Crippen molar-refractivity contribution in [3.63, 3.8) is 0 Å². The number of aromatic nitrogens is 3. The zero-order valence-corrected chi connectivity index (χ0v) is 18.1. The molecule has 152 valence electrons. The molecule has 1 N–H and O–H groups in total. The lowest BCUT2D eigenvalue weighted by Gasteiger charge is -2.13. The van der Waals surface area contributed by atoms with Crippen molar-refractivity contribution in [2.75, 3.05) is 11.3 Å². The minimum atomic E-state index is -3.86. The molecule has 0 aliphatic rings. The van der Waals surface area contributed by atoms with Gasteiger partial charge in [0, 0.05) is 22.8 Å². The van der Waals surface area contributed by atoms with Crippen LogP contribution in [0.4, 0.5) is 5.82 Å². The molecule has 0 aliphatic carbocycles. The summed E-state index contributed by atoms with van der Waals surface area (Å²) in [6, 6.07) is 19.2. The second kappa shape index (κ2) is 8.76. The van der Waals surface area contributed by atoms with E-state index < -0.39 is 10.0 Å². The maximum atomic E-state index is 12.8. The number of hydrogen-bond donors (Lipinski definition) is 1. The highest BCUT2D eigenvalue weighted by atomic mass is 79.9. The number of pyridine rings is 1. The zero-order valence-electron chi connectivity index (χ0n) is 15.7. The highest BCUT2D eigenvalue weighted by molar-refractivity contribution is 9.10. The number of halogens is 1. The first kappa shape index (κ1) is 20.2. The number of nitrogens with zero attached hydrogens (tertiary/aromatic N) is 3. The molecule has 0 atom stereocenters. The average molecular weight is 485 g/mol. The Kier molecular flexibility index (Phi) is 5.91. The molecular formula is C21H17BrN4O3S. The van der Waals surface area contributed by atoms with Gasteiger partial charge in [0.2, 0.25) is 5.82 Å². The van der Waals surface area contributed by atoms with Crippen LogP contribution in [0.5, 0.6) is 5.88 Å². The van der Waals surface area contributed by atoms with E-state index in [4.69, 9.17) is 4.74 Å². The van der Waals surface area contributed by atoms with Crippen molar-refractivity contribution in [2.24, 2.45) is 0 Å². The average Bonchev–Trinajstić information content (AvgIpc) is 2.75. The lowest BCUT2D eigenvalue weighted by atomic mass is 10.3. The van der Waals surface area contributed by atoms with E-state index >= 15 is 0 Å². The SMILES string of the molecule is O=S(=O)(Nc1nc2ccccc2nc1OCCc1ccccn1)c1ccc(Br)cc1. The van der Waals surface area contributed by atoms with Crippen LogP contribution in [0.3, 0.4) is 0 Å². The topological polar surface area (TPSA) is 94.1 Å². The van der Waals surface area contributed by atoms with E-state index in [-0.39, 0.29) is 23.2 Å². The van der Waals surface area contributed by atoms with Crippen LogP contribution in [0.25, 0.3) is 11.0 Å². The van der Waals surface area contributed by atoms with Gasteiger partial charge in [0.05, 0.1) is 22.5 Å². The molecule has 0 bridgehead atoms. The standard InChI is InChI=1S/C21H17BrN4O3S/c22-15-8-10-17(11-9-15)30(27,28)26-20-21(25-19-7-2-1-6-18(19)24-20)29-14-12-16-5-3-4-13-23-16/h1-11,13H,12,14H2,(H,24,26). The summed E-state index contributed by atoms with van der Waals surface area (Å²) < 4.78 is 34.8. The van der Waals surface area contributed by atoms with Crippen molar-refractivity contribution >= 4 is 42.8 Å². The van der Waals surface area contributed by atoms with Gasteiger partial charge in [-0.2, -0.15) is 0 Å². The van der Waals surface area contributed by atoms with E-state index in [1.807, 2.05) is 30.3 Å². The van der Waals surface area contributed by atoms with Gasteiger partial charge in [-0.25, -0.2) is 18.4 Å². The van der Waals surface area contributed by atoms with Crippen molar-refractivity contribution in [1.82, 2.24) is 15.0 Å². The van der Waals surface area contributed by atoms with Crippen LogP contribution in [-0.4, -0.2) is 30.0 Å². The van der Waals surface area contributed by atoms with Crippen molar-refractivity contribution in [2.45, 2.75) is 11.3 Å². The Morgan fingerprint density at radius 2 is 1.60 bits per heavy atom. The van der Waals surface area contributed by atoms with Crippen molar-refractivity contribution in [1.29, 1.82) is 0 Å². The van der Waals surface area contributed by atoms with Gasteiger partial charge in [-0.15, -0.1) is 0 Å². The summed E-state index contributed by atoms with van der Waals surface area (Å²) in [7, 11) is -3.86. The molecule has 4 aromatic rings. The molecule has 0 spiro atoms. The number of anilines is 1. The number of rotatable bonds is 7. The summed E-state index contributed by atoms with van der Waals surface area (Å²) in [5.41, 5.74) is 2.03. The van der Waals surface area contributed by atoms with Gasteiger partial charge >= 0.3 is 0 Å². The van der Waals surface area contributed by atoms with Crippen molar-refractivity contribution in [3.05, 3.63) is 83.1 Å². The predicted octanol–water partition coefficient (Wildman–Crippen LogP) is 4.21. The number of sulfonamides is 1. The summed E-state index contributed by atoms with van der Waals surface area (Å²) in [6.07, 6.45) is 2.26. The smallest absolute Gasteiger partial charge is 0.263 e. The van der Waals surface area contributed by atoms with Crippen LogP contribution in [-0.2, 0) is 16.4 Å². The third kappa shape index (κ3) is 4.74. The molecule has 4 rings (SSSR count). The molecule has 0 unspecified atom stereocenters. The Labute approximate surface area is 182 Å². The molecule has 0 fully saturated rings. The van der Waals surface area contributed by atoms with Crippen LogP contribution in [0.15, 0.2) is 82.3 Å². The largest absolute Gasteiger partial charge is 0.475 e. The fourth-order valence-corrected chi connectivity index (χ4v) is 4.01. The summed E-state index contributed by atoms with van der Waals surface area (Å²) in [4.78, 5) is 13.3. The van der Waals surface area contributed by atoms with Crippen LogP contribution in [0.1, 0.15) is 5.69 Å². The number of nitrogens with one attached hydrogen (secondary N) is 1. The molecule has 7 nitrogen and oxygen atoms in total. The van der Waals surface area contributed by atoms with Gasteiger partial charge in [-0.1, -0.05) is 34.1 Å². The van der Waals surface area contributed by atoms with Crippen LogP contribution >= 0.6 is 15.9 Å². The van der Waals surface area contributed by atoms with Crippen LogP contribution < -0.4 is 9.46 Å². The molecule has 9 heteroatoms. The van der Waals surface area contributed by atoms with Gasteiger partial charge in [-0.3, -0.25) is 9.71 Å². The van der Waals surface area contributed by atoms with Gasteiger partial charge < -0.3 is 4.74 Å². The molecular weight excluding hydrogens is 468 g/mol. The first-order chi connectivity index (χ1) is 14.5. The Hall–Kier alpha value is -3.04.